The molecule has 1 aromatic rings. The highest BCUT2D eigenvalue weighted by Gasteiger charge is 2.14. The van der Waals surface area contributed by atoms with Crippen LogP contribution >= 0.6 is 15.9 Å². The van der Waals surface area contributed by atoms with Crippen molar-refractivity contribution in [2.75, 3.05) is 7.11 Å². The van der Waals surface area contributed by atoms with Gasteiger partial charge >= 0.3 is 5.97 Å². The van der Waals surface area contributed by atoms with E-state index in [9.17, 15) is 4.79 Å². The first-order chi connectivity index (χ1) is 7.06. The Hall–Kier alpha value is -0.870. The van der Waals surface area contributed by atoms with E-state index in [4.69, 9.17) is 9.84 Å². The second-order valence-corrected chi connectivity index (χ2v) is 4.20. The molecule has 0 aliphatic carbocycles. The summed E-state index contributed by atoms with van der Waals surface area (Å²) in [6.45, 7) is 2.18. The Morgan fingerprint density at radius 1 is 1.60 bits per heavy atom. The molecule has 15 heavy (non-hydrogen) atoms. The molecule has 0 bridgehead atoms. The molecule has 82 valence electrons. The number of halogens is 1. The number of methoxy groups -OCH3 is 1. The number of carbonyl (C=O) groups is 1. The molecule has 1 atom stereocenters. The number of carboxylic acids is 1. The molecule has 0 heterocycles. The fraction of sp³-hybridized carbons (Fsp3) is 0.364. The fourth-order valence-electron chi connectivity index (χ4n) is 1.25. The van der Waals surface area contributed by atoms with Gasteiger partial charge < -0.3 is 9.84 Å². The maximum atomic E-state index is 10.8. The number of ether oxygens (including phenoxy) is 1. The van der Waals surface area contributed by atoms with E-state index >= 15 is 0 Å². The van der Waals surface area contributed by atoms with E-state index in [2.05, 4.69) is 15.9 Å². The molecule has 0 aliphatic rings. The number of carboxylic acid groups (broad SMARTS) is 1. The summed E-state index contributed by atoms with van der Waals surface area (Å²) in [6, 6.07) is 5.52. The standard InChI is InChI=1S/C11H13BrO3/c1-7(11(13)14)8-3-4-9(6-15-2)10(12)5-8/h3-5,7H,6H2,1-2H3,(H,13,14). The van der Waals surface area contributed by atoms with Gasteiger partial charge in [0.15, 0.2) is 0 Å². The lowest BCUT2D eigenvalue weighted by atomic mass is 10.0. The molecule has 3 nitrogen and oxygen atoms in total. The quantitative estimate of drug-likeness (QED) is 0.917. The first-order valence-corrected chi connectivity index (χ1v) is 5.35. The monoisotopic (exact) mass is 272 g/mol. The van der Waals surface area contributed by atoms with Crippen molar-refractivity contribution in [2.45, 2.75) is 19.4 Å². The number of rotatable bonds is 4. The lowest BCUT2D eigenvalue weighted by Gasteiger charge is -2.09. The van der Waals surface area contributed by atoms with Crippen molar-refractivity contribution in [1.29, 1.82) is 0 Å². The minimum Gasteiger partial charge on any atom is -0.481 e. The summed E-state index contributed by atoms with van der Waals surface area (Å²) in [5.74, 6) is -1.31. The van der Waals surface area contributed by atoms with Gasteiger partial charge in [0.1, 0.15) is 0 Å². The normalized spacial score (nSPS) is 12.5. The zero-order valence-electron chi connectivity index (χ0n) is 8.66. The number of hydrogen-bond acceptors (Lipinski definition) is 2. The highest BCUT2D eigenvalue weighted by Crippen LogP contribution is 2.24. The van der Waals surface area contributed by atoms with Crippen LogP contribution in [0.25, 0.3) is 0 Å². The topological polar surface area (TPSA) is 46.5 Å². The van der Waals surface area contributed by atoms with Crippen LogP contribution in [0.1, 0.15) is 24.0 Å². The Labute approximate surface area is 97.2 Å². The third kappa shape index (κ3) is 3.04. The van der Waals surface area contributed by atoms with E-state index in [-0.39, 0.29) is 0 Å². The van der Waals surface area contributed by atoms with Crippen LogP contribution in [0, 0.1) is 0 Å². The minimum atomic E-state index is -0.818. The van der Waals surface area contributed by atoms with E-state index in [1.165, 1.54) is 0 Å². The van der Waals surface area contributed by atoms with Crippen LogP contribution in [0.3, 0.4) is 0 Å². The molecule has 0 aromatic heterocycles. The van der Waals surface area contributed by atoms with Crippen LogP contribution in [0.2, 0.25) is 0 Å². The number of benzene rings is 1. The zero-order valence-corrected chi connectivity index (χ0v) is 10.2. The van der Waals surface area contributed by atoms with E-state index in [0.717, 1.165) is 15.6 Å². The highest BCUT2D eigenvalue weighted by molar-refractivity contribution is 9.10. The second kappa shape index (κ2) is 5.28. The molecule has 4 heteroatoms. The molecule has 0 fully saturated rings. The van der Waals surface area contributed by atoms with Gasteiger partial charge in [-0.2, -0.15) is 0 Å². The summed E-state index contributed by atoms with van der Waals surface area (Å²) in [6.07, 6.45) is 0. The fourth-order valence-corrected chi connectivity index (χ4v) is 1.76. The van der Waals surface area contributed by atoms with Crippen molar-refractivity contribution in [3.05, 3.63) is 33.8 Å². The van der Waals surface area contributed by atoms with E-state index in [0.29, 0.717) is 6.61 Å². The Bertz CT molecular complexity index is 363. The van der Waals surface area contributed by atoms with Gasteiger partial charge in [-0.3, -0.25) is 4.79 Å². The molecule has 1 aromatic carbocycles. The first kappa shape index (κ1) is 12.2. The average molecular weight is 273 g/mol. The average Bonchev–Trinajstić information content (AvgIpc) is 2.20. The van der Waals surface area contributed by atoms with Crippen molar-refractivity contribution in [1.82, 2.24) is 0 Å². The predicted octanol–water partition coefficient (Wildman–Crippen LogP) is 2.78. The van der Waals surface area contributed by atoms with Crippen LogP contribution in [-0.2, 0) is 16.1 Å². The summed E-state index contributed by atoms with van der Waals surface area (Å²) in [5.41, 5.74) is 1.80. The summed E-state index contributed by atoms with van der Waals surface area (Å²) >= 11 is 3.39. The van der Waals surface area contributed by atoms with Gasteiger partial charge in [0.25, 0.3) is 0 Å². The lowest BCUT2D eigenvalue weighted by Crippen LogP contribution is -2.07. The Kier molecular flexibility index (Phi) is 4.29. The van der Waals surface area contributed by atoms with Crippen molar-refractivity contribution in [3.8, 4) is 0 Å². The van der Waals surface area contributed by atoms with Crippen molar-refractivity contribution < 1.29 is 14.6 Å². The van der Waals surface area contributed by atoms with Crippen molar-refractivity contribution >= 4 is 21.9 Å². The first-order valence-electron chi connectivity index (χ1n) is 4.56. The van der Waals surface area contributed by atoms with Crippen LogP contribution < -0.4 is 0 Å². The molecule has 0 spiro atoms. The zero-order chi connectivity index (χ0) is 11.4. The molecule has 0 saturated carbocycles. The largest absolute Gasteiger partial charge is 0.481 e. The number of aliphatic carboxylic acids is 1. The third-order valence-corrected chi connectivity index (χ3v) is 2.99. The van der Waals surface area contributed by atoms with E-state index in [1.54, 1.807) is 14.0 Å². The Morgan fingerprint density at radius 2 is 2.27 bits per heavy atom. The molecule has 0 amide bonds. The summed E-state index contributed by atoms with van der Waals surface area (Å²) in [4.78, 5) is 10.8. The SMILES string of the molecule is COCc1ccc(C(C)C(=O)O)cc1Br. The Balaban J connectivity index is 2.95. The van der Waals surface area contributed by atoms with Gasteiger partial charge in [-0.1, -0.05) is 28.1 Å². The molecule has 0 saturated heterocycles. The second-order valence-electron chi connectivity index (χ2n) is 3.34. The van der Waals surface area contributed by atoms with Crippen molar-refractivity contribution in [3.63, 3.8) is 0 Å². The smallest absolute Gasteiger partial charge is 0.310 e. The van der Waals surface area contributed by atoms with Gasteiger partial charge in [0.05, 0.1) is 12.5 Å². The number of hydrogen-bond donors (Lipinski definition) is 1. The molecular formula is C11H13BrO3. The predicted molar refractivity (Wildman–Crippen MR) is 60.9 cm³/mol. The molecule has 1 unspecified atom stereocenters. The third-order valence-electron chi connectivity index (χ3n) is 2.25. The van der Waals surface area contributed by atoms with Crippen LogP contribution in [0.15, 0.2) is 22.7 Å². The van der Waals surface area contributed by atoms with Gasteiger partial charge in [-0.25, -0.2) is 0 Å². The van der Waals surface area contributed by atoms with Crippen LogP contribution in [0.5, 0.6) is 0 Å². The molecule has 0 aliphatic heterocycles. The van der Waals surface area contributed by atoms with E-state index in [1.807, 2.05) is 18.2 Å². The van der Waals surface area contributed by atoms with Gasteiger partial charge in [0, 0.05) is 11.6 Å². The van der Waals surface area contributed by atoms with Gasteiger partial charge in [-0.05, 0) is 24.1 Å². The van der Waals surface area contributed by atoms with Crippen molar-refractivity contribution in [2.24, 2.45) is 0 Å². The minimum absolute atomic E-state index is 0.488. The van der Waals surface area contributed by atoms with Crippen LogP contribution in [-0.4, -0.2) is 18.2 Å². The summed E-state index contributed by atoms with van der Waals surface area (Å²) in [7, 11) is 1.63. The summed E-state index contributed by atoms with van der Waals surface area (Å²) in [5, 5.41) is 8.86. The maximum absolute atomic E-state index is 10.8. The highest BCUT2D eigenvalue weighted by atomic mass is 79.9. The van der Waals surface area contributed by atoms with Gasteiger partial charge in [-0.15, -0.1) is 0 Å². The maximum Gasteiger partial charge on any atom is 0.310 e. The van der Waals surface area contributed by atoms with E-state index < -0.39 is 11.9 Å². The molecular weight excluding hydrogens is 260 g/mol. The van der Waals surface area contributed by atoms with Crippen LogP contribution in [0.4, 0.5) is 0 Å². The summed E-state index contributed by atoms with van der Waals surface area (Å²) < 4.78 is 5.89. The lowest BCUT2D eigenvalue weighted by molar-refractivity contribution is -0.138. The molecule has 1 rings (SSSR count). The Morgan fingerprint density at radius 3 is 2.73 bits per heavy atom. The van der Waals surface area contributed by atoms with Gasteiger partial charge in [0.2, 0.25) is 0 Å². The molecule has 1 N–H and O–H groups in total. The molecule has 0 radical (unpaired) electrons.